The normalized spacial score (nSPS) is 10.5. The maximum atomic E-state index is 13.1. The molecule has 0 fully saturated rings. The van der Waals surface area contributed by atoms with Gasteiger partial charge in [0.15, 0.2) is 11.6 Å². The van der Waals surface area contributed by atoms with Gasteiger partial charge in [0.2, 0.25) is 17.7 Å². The molecule has 3 aromatic rings. The lowest BCUT2D eigenvalue weighted by molar-refractivity contribution is -0.122. The number of hydrogen-bond donors (Lipinski definition) is 2. The van der Waals surface area contributed by atoms with E-state index in [1.807, 2.05) is 0 Å². The van der Waals surface area contributed by atoms with E-state index in [1.165, 1.54) is 6.07 Å². The SMILES string of the molecule is O=C(CSc1nnc(-c2cccnc2)o1)NCC(=O)Nc1ccc(F)c(F)c1. The Labute approximate surface area is 161 Å². The number of benzene rings is 1. The molecule has 0 radical (unpaired) electrons. The van der Waals surface area contributed by atoms with Crippen molar-refractivity contribution < 1.29 is 22.8 Å². The molecule has 2 heterocycles. The van der Waals surface area contributed by atoms with E-state index in [4.69, 9.17) is 4.42 Å². The summed E-state index contributed by atoms with van der Waals surface area (Å²) >= 11 is 1.01. The van der Waals surface area contributed by atoms with Gasteiger partial charge in [0.1, 0.15) is 0 Å². The van der Waals surface area contributed by atoms with E-state index in [2.05, 4.69) is 25.8 Å². The summed E-state index contributed by atoms with van der Waals surface area (Å²) in [6.07, 6.45) is 3.18. The molecule has 144 valence electrons. The number of halogens is 2. The summed E-state index contributed by atoms with van der Waals surface area (Å²) in [5.41, 5.74) is 0.738. The molecular weight excluding hydrogens is 392 g/mol. The van der Waals surface area contributed by atoms with E-state index in [9.17, 15) is 18.4 Å². The molecule has 11 heteroatoms. The van der Waals surface area contributed by atoms with E-state index in [1.54, 1.807) is 24.5 Å². The van der Waals surface area contributed by atoms with Gasteiger partial charge in [0, 0.05) is 24.1 Å². The van der Waals surface area contributed by atoms with Gasteiger partial charge >= 0.3 is 0 Å². The van der Waals surface area contributed by atoms with Crippen molar-refractivity contribution in [1.29, 1.82) is 0 Å². The van der Waals surface area contributed by atoms with Crippen molar-refractivity contribution in [3.63, 3.8) is 0 Å². The number of amides is 2. The van der Waals surface area contributed by atoms with Gasteiger partial charge in [0.25, 0.3) is 5.22 Å². The summed E-state index contributed by atoms with van der Waals surface area (Å²) in [6.45, 7) is -0.330. The zero-order chi connectivity index (χ0) is 19.9. The molecule has 2 N–H and O–H groups in total. The van der Waals surface area contributed by atoms with Crippen molar-refractivity contribution in [2.45, 2.75) is 5.22 Å². The van der Waals surface area contributed by atoms with E-state index in [0.29, 0.717) is 5.56 Å². The highest BCUT2D eigenvalue weighted by molar-refractivity contribution is 7.99. The molecule has 0 bridgehead atoms. The minimum atomic E-state index is -1.08. The molecule has 8 nitrogen and oxygen atoms in total. The van der Waals surface area contributed by atoms with Crippen LogP contribution in [0, 0.1) is 11.6 Å². The van der Waals surface area contributed by atoms with Crippen LogP contribution in [0.4, 0.5) is 14.5 Å². The average Bonchev–Trinajstić information content (AvgIpc) is 3.17. The van der Waals surface area contributed by atoms with Gasteiger partial charge < -0.3 is 15.1 Å². The lowest BCUT2D eigenvalue weighted by Crippen LogP contribution is -2.33. The van der Waals surface area contributed by atoms with Crippen molar-refractivity contribution in [2.75, 3.05) is 17.6 Å². The van der Waals surface area contributed by atoms with Gasteiger partial charge in [0.05, 0.1) is 17.9 Å². The van der Waals surface area contributed by atoms with Crippen LogP contribution < -0.4 is 10.6 Å². The summed E-state index contributed by atoms with van der Waals surface area (Å²) in [4.78, 5) is 27.5. The van der Waals surface area contributed by atoms with Gasteiger partial charge in [-0.05, 0) is 24.3 Å². The fourth-order valence-corrected chi connectivity index (χ4v) is 2.60. The first kappa shape index (κ1) is 19.4. The number of carbonyl (C=O) groups is 2. The number of carbonyl (C=O) groups excluding carboxylic acids is 2. The molecule has 0 saturated carbocycles. The van der Waals surface area contributed by atoms with Crippen molar-refractivity contribution in [1.82, 2.24) is 20.5 Å². The predicted octanol–water partition coefficient (Wildman–Crippen LogP) is 2.26. The van der Waals surface area contributed by atoms with Crippen LogP contribution in [0.25, 0.3) is 11.5 Å². The first-order valence-electron chi connectivity index (χ1n) is 7.89. The average molecular weight is 405 g/mol. The molecule has 28 heavy (non-hydrogen) atoms. The molecule has 2 aromatic heterocycles. The van der Waals surface area contributed by atoms with E-state index in [0.717, 1.165) is 23.9 Å². The van der Waals surface area contributed by atoms with E-state index in [-0.39, 0.29) is 29.1 Å². The fourth-order valence-electron chi connectivity index (χ4n) is 2.01. The molecule has 0 atom stereocenters. The number of hydrogen-bond acceptors (Lipinski definition) is 7. The molecule has 0 aliphatic rings. The van der Waals surface area contributed by atoms with Crippen LogP contribution in [-0.2, 0) is 9.59 Å². The number of nitrogens with one attached hydrogen (secondary N) is 2. The van der Waals surface area contributed by atoms with Gasteiger partial charge in [-0.15, -0.1) is 10.2 Å². The number of thioether (sulfide) groups is 1. The first-order valence-corrected chi connectivity index (χ1v) is 8.88. The summed E-state index contributed by atoms with van der Waals surface area (Å²) < 4.78 is 31.4. The lowest BCUT2D eigenvalue weighted by atomic mass is 10.3. The highest BCUT2D eigenvalue weighted by atomic mass is 32.2. The third-order valence-electron chi connectivity index (χ3n) is 3.29. The standard InChI is InChI=1S/C17H13F2N5O3S/c18-12-4-3-11(6-13(12)19)22-14(25)8-21-15(26)9-28-17-24-23-16(27-17)10-2-1-5-20-7-10/h1-7H,8-9H2,(H,21,26)(H,22,25). The minimum Gasteiger partial charge on any atom is -0.411 e. The minimum absolute atomic E-state index is 0.0485. The summed E-state index contributed by atoms with van der Waals surface area (Å²) in [5, 5.41) is 12.6. The van der Waals surface area contributed by atoms with Gasteiger partial charge in [-0.3, -0.25) is 14.6 Å². The Kier molecular flexibility index (Phi) is 6.27. The molecule has 0 aliphatic carbocycles. The number of nitrogens with zero attached hydrogens (tertiary/aromatic N) is 3. The monoisotopic (exact) mass is 405 g/mol. The highest BCUT2D eigenvalue weighted by Gasteiger charge is 2.12. The second-order valence-electron chi connectivity index (χ2n) is 5.36. The molecule has 0 saturated heterocycles. The largest absolute Gasteiger partial charge is 0.411 e. The second kappa shape index (κ2) is 9.04. The Morgan fingerprint density at radius 2 is 1.96 bits per heavy atom. The number of anilines is 1. The Morgan fingerprint density at radius 3 is 2.71 bits per heavy atom. The molecular formula is C17H13F2N5O3S. The number of rotatable bonds is 7. The zero-order valence-electron chi connectivity index (χ0n) is 14.2. The predicted molar refractivity (Wildman–Crippen MR) is 96.3 cm³/mol. The maximum absolute atomic E-state index is 13.1. The van der Waals surface area contributed by atoms with Crippen LogP contribution in [0.1, 0.15) is 0 Å². The Bertz CT molecular complexity index is 984. The van der Waals surface area contributed by atoms with Crippen LogP contribution in [0.3, 0.4) is 0 Å². The topological polar surface area (TPSA) is 110 Å². The van der Waals surface area contributed by atoms with Crippen LogP contribution in [0.15, 0.2) is 52.4 Å². The van der Waals surface area contributed by atoms with Crippen LogP contribution in [-0.4, -0.2) is 39.3 Å². The molecule has 0 spiro atoms. The molecule has 0 unspecified atom stereocenters. The Morgan fingerprint density at radius 1 is 1.11 bits per heavy atom. The number of aromatic nitrogens is 3. The van der Waals surface area contributed by atoms with Crippen molar-refractivity contribution in [3.05, 3.63) is 54.4 Å². The Hall–Kier alpha value is -3.34. The van der Waals surface area contributed by atoms with Crippen LogP contribution >= 0.6 is 11.8 Å². The van der Waals surface area contributed by atoms with Crippen molar-refractivity contribution in [3.8, 4) is 11.5 Å². The molecule has 1 aromatic carbocycles. The highest BCUT2D eigenvalue weighted by Crippen LogP contribution is 2.22. The first-order chi connectivity index (χ1) is 13.5. The smallest absolute Gasteiger partial charge is 0.277 e. The summed E-state index contributed by atoms with van der Waals surface area (Å²) in [5.74, 6) is -2.89. The second-order valence-corrected chi connectivity index (χ2v) is 6.28. The molecule has 0 aliphatic heterocycles. The Balaban J connectivity index is 1.42. The van der Waals surface area contributed by atoms with Gasteiger partial charge in [-0.1, -0.05) is 11.8 Å². The fraction of sp³-hybridized carbons (Fsp3) is 0.118. The van der Waals surface area contributed by atoms with Crippen molar-refractivity contribution in [2.24, 2.45) is 0 Å². The summed E-state index contributed by atoms with van der Waals surface area (Å²) in [7, 11) is 0. The third kappa shape index (κ3) is 5.33. The zero-order valence-corrected chi connectivity index (χ0v) is 15.0. The third-order valence-corrected chi connectivity index (χ3v) is 4.11. The van der Waals surface area contributed by atoms with Crippen LogP contribution in [0.2, 0.25) is 0 Å². The van der Waals surface area contributed by atoms with Crippen LogP contribution in [0.5, 0.6) is 0 Å². The number of pyridine rings is 1. The summed E-state index contributed by atoms with van der Waals surface area (Å²) in [6, 6.07) is 6.44. The van der Waals surface area contributed by atoms with E-state index >= 15 is 0 Å². The van der Waals surface area contributed by atoms with Gasteiger partial charge in [-0.25, -0.2) is 8.78 Å². The van der Waals surface area contributed by atoms with Gasteiger partial charge in [-0.2, -0.15) is 0 Å². The van der Waals surface area contributed by atoms with Crippen molar-refractivity contribution >= 4 is 29.3 Å². The van der Waals surface area contributed by atoms with E-state index < -0.39 is 23.4 Å². The molecule has 2 amide bonds. The quantitative estimate of drug-likeness (QED) is 0.580. The maximum Gasteiger partial charge on any atom is 0.277 e. The molecule has 3 rings (SSSR count). The lowest BCUT2D eigenvalue weighted by Gasteiger charge is -2.06.